The van der Waals surface area contributed by atoms with Gasteiger partial charge in [-0.2, -0.15) is 0 Å². The Morgan fingerprint density at radius 3 is 2.75 bits per heavy atom. The number of aldehydes is 1. The average Bonchev–Trinajstić information content (AvgIpc) is 2.50. The maximum atomic E-state index is 9.94. The van der Waals surface area contributed by atoms with E-state index in [4.69, 9.17) is 5.73 Å². The summed E-state index contributed by atoms with van der Waals surface area (Å²) >= 11 is 0. The van der Waals surface area contributed by atoms with Gasteiger partial charge in [0.05, 0.1) is 6.04 Å². The van der Waals surface area contributed by atoms with E-state index in [-0.39, 0.29) is 6.04 Å². The lowest BCUT2D eigenvalue weighted by Gasteiger charge is -1.97. The van der Waals surface area contributed by atoms with Crippen LogP contribution in [0.5, 0.6) is 0 Å². The Hall–Kier alpha value is -0.370. The predicted molar refractivity (Wildman–Crippen MR) is 31.4 cm³/mol. The first-order valence-electron chi connectivity index (χ1n) is 3.04. The van der Waals surface area contributed by atoms with Crippen LogP contribution in [0.4, 0.5) is 0 Å². The number of carbonyl (C=O) groups is 1. The zero-order valence-electron chi connectivity index (χ0n) is 4.84. The van der Waals surface area contributed by atoms with Crippen LogP contribution >= 0.6 is 0 Å². The van der Waals surface area contributed by atoms with Gasteiger partial charge in [0.15, 0.2) is 0 Å². The molecule has 1 aliphatic carbocycles. The lowest BCUT2D eigenvalue weighted by molar-refractivity contribution is -0.109. The summed E-state index contributed by atoms with van der Waals surface area (Å²) in [5.41, 5.74) is 5.35. The molecule has 0 amide bonds. The van der Waals surface area contributed by atoms with Crippen LogP contribution in [0.1, 0.15) is 19.3 Å². The molecule has 0 aromatic carbocycles. The van der Waals surface area contributed by atoms with Crippen molar-refractivity contribution in [1.82, 2.24) is 0 Å². The van der Waals surface area contributed by atoms with E-state index >= 15 is 0 Å². The van der Waals surface area contributed by atoms with E-state index in [1.807, 2.05) is 0 Å². The number of nitrogens with two attached hydrogens (primary N) is 1. The van der Waals surface area contributed by atoms with Crippen LogP contribution in [-0.2, 0) is 4.79 Å². The van der Waals surface area contributed by atoms with E-state index < -0.39 is 0 Å². The standard InChI is InChI=1S/C6H11NO/c7-6(4-8)3-5-1-2-5/h4-6H,1-3,7H2/t6-/m1/s1. The van der Waals surface area contributed by atoms with Crippen LogP contribution in [0.3, 0.4) is 0 Å². The van der Waals surface area contributed by atoms with Crippen molar-refractivity contribution in [3.63, 3.8) is 0 Å². The van der Waals surface area contributed by atoms with Crippen LogP contribution in [-0.4, -0.2) is 12.3 Å². The number of rotatable bonds is 3. The van der Waals surface area contributed by atoms with Gasteiger partial charge in [-0.25, -0.2) is 0 Å². The Balaban J connectivity index is 2.06. The summed E-state index contributed by atoms with van der Waals surface area (Å²) < 4.78 is 0. The summed E-state index contributed by atoms with van der Waals surface area (Å²) in [5, 5.41) is 0. The van der Waals surface area contributed by atoms with Crippen LogP contribution in [0.25, 0.3) is 0 Å². The Labute approximate surface area is 49.1 Å². The largest absolute Gasteiger partial charge is 0.322 e. The number of carbonyl (C=O) groups excluding carboxylic acids is 1. The van der Waals surface area contributed by atoms with Crippen molar-refractivity contribution < 1.29 is 4.79 Å². The predicted octanol–water partition coefficient (Wildman–Crippen LogP) is 0.313. The second kappa shape index (κ2) is 2.27. The number of hydrogen-bond donors (Lipinski definition) is 1. The number of hydrogen-bond acceptors (Lipinski definition) is 2. The normalized spacial score (nSPS) is 22.6. The molecular weight excluding hydrogens is 102 g/mol. The van der Waals surface area contributed by atoms with Crippen molar-refractivity contribution in [2.75, 3.05) is 0 Å². The Kier molecular flexibility index (Phi) is 1.63. The maximum absolute atomic E-state index is 9.94. The highest BCUT2D eigenvalue weighted by Crippen LogP contribution is 2.32. The Bertz CT molecular complexity index is 88.5. The lowest BCUT2D eigenvalue weighted by Crippen LogP contribution is -2.21. The smallest absolute Gasteiger partial charge is 0.136 e. The fourth-order valence-electron chi connectivity index (χ4n) is 0.794. The molecule has 0 spiro atoms. The van der Waals surface area contributed by atoms with E-state index in [2.05, 4.69) is 0 Å². The van der Waals surface area contributed by atoms with Gasteiger partial charge in [0.25, 0.3) is 0 Å². The minimum absolute atomic E-state index is 0.192. The van der Waals surface area contributed by atoms with Crippen LogP contribution in [0.15, 0.2) is 0 Å². The molecule has 1 atom stereocenters. The van der Waals surface area contributed by atoms with Crippen LogP contribution < -0.4 is 5.73 Å². The lowest BCUT2D eigenvalue weighted by atomic mass is 10.2. The molecule has 1 fully saturated rings. The third-order valence-corrected chi connectivity index (χ3v) is 1.48. The zero-order chi connectivity index (χ0) is 5.98. The van der Waals surface area contributed by atoms with E-state index in [0.29, 0.717) is 0 Å². The third-order valence-electron chi connectivity index (χ3n) is 1.48. The van der Waals surface area contributed by atoms with Crippen LogP contribution in [0.2, 0.25) is 0 Å². The molecule has 0 aromatic heterocycles. The van der Waals surface area contributed by atoms with Crippen molar-refractivity contribution in [2.24, 2.45) is 11.7 Å². The summed E-state index contributed by atoms with van der Waals surface area (Å²) in [6, 6.07) is -0.192. The van der Waals surface area contributed by atoms with Gasteiger partial charge in [-0.15, -0.1) is 0 Å². The summed E-state index contributed by atoms with van der Waals surface area (Å²) in [6.07, 6.45) is 4.30. The molecule has 0 bridgehead atoms. The van der Waals surface area contributed by atoms with E-state index in [0.717, 1.165) is 18.6 Å². The highest BCUT2D eigenvalue weighted by Gasteiger charge is 2.23. The quantitative estimate of drug-likeness (QED) is 0.535. The van der Waals surface area contributed by atoms with Crippen molar-refractivity contribution in [1.29, 1.82) is 0 Å². The van der Waals surface area contributed by atoms with Crippen LogP contribution in [0, 0.1) is 5.92 Å². The SMILES string of the molecule is N[C@@H](C=O)CC1CC1. The summed E-state index contributed by atoms with van der Waals surface area (Å²) in [5.74, 6) is 0.773. The molecular formula is C6H11NO. The van der Waals surface area contributed by atoms with Gasteiger partial charge in [0.1, 0.15) is 6.29 Å². The van der Waals surface area contributed by atoms with Gasteiger partial charge in [0.2, 0.25) is 0 Å². The van der Waals surface area contributed by atoms with E-state index in [1.54, 1.807) is 0 Å². The van der Waals surface area contributed by atoms with Gasteiger partial charge in [0, 0.05) is 0 Å². The topological polar surface area (TPSA) is 43.1 Å². The molecule has 8 heavy (non-hydrogen) atoms. The third kappa shape index (κ3) is 1.62. The molecule has 0 aromatic rings. The fourth-order valence-corrected chi connectivity index (χ4v) is 0.794. The molecule has 1 aliphatic rings. The molecule has 0 aliphatic heterocycles. The fraction of sp³-hybridized carbons (Fsp3) is 0.833. The van der Waals surface area contributed by atoms with Crippen molar-refractivity contribution in [3.8, 4) is 0 Å². The Morgan fingerprint density at radius 2 is 2.38 bits per heavy atom. The first-order valence-corrected chi connectivity index (χ1v) is 3.04. The molecule has 0 unspecified atom stereocenters. The maximum Gasteiger partial charge on any atom is 0.136 e. The van der Waals surface area contributed by atoms with E-state index in [9.17, 15) is 4.79 Å². The summed E-state index contributed by atoms with van der Waals surface area (Å²) in [4.78, 5) is 9.94. The summed E-state index contributed by atoms with van der Waals surface area (Å²) in [7, 11) is 0. The minimum Gasteiger partial charge on any atom is -0.322 e. The second-order valence-electron chi connectivity index (χ2n) is 2.48. The highest BCUT2D eigenvalue weighted by molar-refractivity contribution is 5.56. The van der Waals surface area contributed by atoms with E-state index in [1.165, 1.54) is 12.8 Å². The van der Waals surface area contributed by atoms with Gasteiger partial charge < -0.3 is 10.5 Å². The van der Waals surface area contributed by atoms with Gasteiger partial charge >= 0.3 is 0 Å². The van der Waals surface area contributed by atoms with Gasteiger partial charge in [-0.1, -0.05) is 12.8 Å². The first-order chi connectivity index (χ1) is 3.83. The molecule has 0 radical (unpaired) electrons. The Morgan fingerprint density at radius 1 is 1.75 bits per heavy atom. The highest BCUT2D eigenvalue weighted by atomic mass is 16.1. The monoisotopic (exact) mass is 113 g/mol. The van der Waals surface area contributed by atoms with Gasteiger partial charge in [-0.05, 0) is 12.3 Å². The summed E-state index contributed by atoms with van der Waals surface area (Å²) in [6.45, 7) is 0. The molecule has 1 saturated carbocycles. The molecule has 2 heteroatoms. The molecule has 2 nitrogen and oxygen atoms in total. The molecule has 46 valence electrons. The second-order valence-corrected chi connectivity index (χ2v) is 2.48. The molecule has 1 rings (SSSR count). The molecule has 0 saturated heterocycles. The first kappa shape index (κ1) is 5.76. The molecule has 2 N–H and O–H groups in total. The molecule has 0 heterocycles. The van der Waals surface area contributed by atoms with Gasteiger partial charge in [-0.3, -0.25) is 0 Å². The zero-order valence-corrected chi connectivity index (χ0v) is 4.84. The van der Waals surface area contributed by atoms with Crippen molar-refractivity contribution in [3.05, 3.63) is 0 Å². The minimum atomic E-state index is -0.192. The van der Waals surface area contributed by atoms with Crippen molar-refractivity contribution >= 4 is 6.29 Å². The average molecular weight is 113 g/mol. The van der Waals surface area contributed by atoms with Crippen molar-refractivity contribution in [2.45, 2.75) is 25.3 Å².